The summed E-state index contributed by atoms with van der Waals surface area (Å²) in [6.07, 6.45) is 0. The van der Waals surface area contributed by atoms with Gasteiger partial charge in [-0.25, -0.2) is 0 Å². The quantitative estimate of drug-likeness (QED) is 0.189. The first-order valence-electron chi connectivity index (χ1n) is 9.64. The van der Waals surface area contributed by atoms with Crippen molar-refractivity contribution in [1.29, 1.82) is 0 Å². The molecule has 0 fully saturated rings. The molecule has 0 aliphatic heterocycles. The first kappa shape index (κ1) is 27.9. The Bertz CT molecular complexity index is 781. The smallest absolute Gasteiger partial charge is 0 e. The van der Waals surface area contributed by atoms with E-state index in [0.717, 1.165) is 0 Å². The van der Waals surface area contributed by atoms with Gasteiger partial charge in [0, 0.05) is 25.8 Å². The van der Waals surface area contributed by atoms with E-state index in [1.807, 2.05) is 39.3 Å². The van der Waals surface area contributed by atoms with Gasteiger partial charge in [-0.1, -0.05) is 67.9 Å². The second kappa shape index (κ2) is 13.2. The van der Waals surface area contributed by atoms with E-state index in [1.165, 1.54) is 21.5 Å². The van der Waals surface area contributed by atoms with E-state index >= 15 is 0 Å². The zero-order valence-corrected chi connectivity index (χ0v) is 22.5. The average Bonchev–Trinajstić information content (AvgIpc) is 3.21. The molecule has 0 amide bonds. The van der Waals surface area contributed by atoms with E-state index in [-0.39, 0.29) is 25.8 Å². The van der Waals surface area contributed by atoms with Crippen molar-refractivity contribution >= 4 is 38.0 Å². The normalized spacial score (nSPS) is 10.5. The first-order chi connectivity index (χ1) is 12.9. The van der Waals surface area contributed by atoms with Crippen LogP contribution in [0.15, 0.2) is 84.9 Å². The molecule has 2 N–H and O–H groups in total. The molecule has 4 aromatic rings. The summed E-state index contributed by atoms with van der Waals surface area (Å²) in [7, 11) is -2.72. The van der Waals surface area contributed by atoms with Crippen LogP contribution >= 0.6 is 0 Å². The third kappa shape index (κ3) is 15.4. The Balaban J connectivity index is 0.000000373. The Labute approximate surface area is 198 Å². The molecule has 0 aliphatic carbocycles. The molecule has 0 aromatic heterocycles. The third-order valence-electron chi connectivity index (χ3n) is 3.10. The molecule has 5 heteroatoms. The van der Waals surface area contributed by atoms with Gasteiger partial charge in [0.15, 0.2) is 0 Å². The van der Waals surface area contributed by atoms with Gasteiger partial charge in [0.2, 0.25) is 0 Å². The van der Waals surface area contributed by atoms with E-state index in [0.29, 0.717) is 0 Å². The maximum atomic E-state index is 7.08. The van der Waals surface area contributed by atoms with Crippen molar-refractivity contribution in [3.05, 3.63) is 95.7 Å². The number of hydrogen-bond acceptors (Lipinski definition) is 0. The minimum Gasteiger partial charge on any atom is -0.680 e. The number of nitrogens with one attached hydrogen (secondary N) is 2. The zero-order valence-electron chi connectivity index (χ0n) is 18.7. The van der Waals surface area contributed by atoms with Crippen molar-refractivity contribution in [2.24, 2.45) is 0 Å². The van der Waals surface area contributed by atoms with E-state index in [9.17, 15) is 0 Å². The fourth-order valence-corrected chi connectivity index (χ4v) is 2.14. The molecule has 4 rings (SSSR count). The SMILES string of the molecule is C[Si](C)(C)[NH-].C[Si](C)(C)[NH-].[Sc].c1ccc2[cH-]ccc2c1.c1ccc2[cH-]ccc2c1. The summed E-state index contributed by atoms with van der Waals surface area (Å²) in [5.74, 6) is 0. The minimum absolute atomic E-state index is 0. The molecule has 0 saturated carbocycles. The van der Waals surface area contributed by atoms with Crippen molar-refractivity contribution in [2.45, 2.75) is 39.3 Å². The van der Waals surface area contributed by atoms with Crippen LogP contribution in [0.25, 0.3) is 32.3 Å². The summed E-state index contributed by atoms with van der Waals surface area (Å²) < 4.78 is 0. The Morgan fingerprint density at radius 1 is 0.552 bits per heavy atom. The van der Waals surface area contributed by atoms with Gasteiger partial charge in [0.25, 0.3) is 0 Å². The molecule has 2 nitrogen and oxygen atoms in total. The van der Waals surface area contributed by atoms with Crippen LogP contribution in [0.1, 0.15) is 0 Å². The van der Waals surface area contributed by atoms with Gasteiger partial charge in [0.05, 0.1) is 0 Å². The predicted octanol–water partition coefficient (Wildman–Crippen LogP) is 8.86. The van der Waals surface area contributed by atoms with Gasteiger partial charge >= 0.3 is 0 Å². The van der Waals surface area contributed by atoms with E-state index < -0.39 is 16.5 Å². The Hall–Kier alpha value is -1.12. The van der Waals surface area contributed by atoms with Crippen molar-refractivity contribution in [1.82, 2.24) is 0 Å². The van der Waals surface area contributed by atoms with Crippen molar-refractivity contribution in [3.63, 3.8) is 0 Å². The van der Waals surface area contributed by atoms with Crippen LogP contribution in [-0.2, 0) is 25.8 Å². The Morgan fingerprint density at radius 3 is 1.10 bits per heavy atom. The maximum absolute atomic E-state index is 7.08. The average molecular weight is 452 g/mol. The largest absolute Gasteiger partial charge is 0.680 e. The first-order valence-corrected chi connectivity index (χ1v) is 16.6. The van der Waals surface area contributed by atoms with Crippen LogP contribution in [0.2, 0.25) is 39.3 Å². The molecule has 0 spiro atoms. The van der Waals surface area contributed by atoms with E-state index in [2.05, 4.69) is 84.9 Å². The van der Waals surface area contributed by atoms with E-state index in [1.54, 1.807) is 0 Å². The monoisotopic (exact) mass is 451 g/mol. The molecule has 155 valence electrons. The number of hydrogen-bond donors (Lipinski definition) is 0. The zero-order chi connectivity index (χ0) is 21.2. The minimum atomic E-state index is -1.36. The summed E-state index contributed by atoms with van der Waals surface area (Å²) in [5, 5.41) is 19.5. The van der Waals surface area contributed by atoms with Gasteiger partial charge in [-0.15, -0.1) is 59.3 Å². The van der Waals surface area contributed by atoms with Crippen LogP contribution in [0.3, 0.4) is 0 Å². The second-order valence-electron chi connectivity index (χ2n) is 8.81. The van der Waals surface area contributed by atoms with Crippen LogP contribution in [0.5, 0.6) is 0 Å². The Kier molecular flexibility index (Phi) is 12.7. The standard InChI is InChI=1S/2C9H7.2C3H10NSi.Sc/c2*1-2-5-9-7-3-6-8(9)4-1;2*1-5(2,3)4;/h2*1-7H;2*4H,1-3H3;/q4*-1;. The van der Waals surface area contributed by atoms with Crippen LogP contribution in [0, 0.1) is 0 Å². The predicted molar refractivity (Wildman–Crippen MR) is 134 cm³/mol. The maximum Gasteiger partial charge on any atom is 0 e. The van der Waals surface area contributed by atoms with Gasteiger partial charge in [-0.2, -0.15) is 35.0 Å². The molecule has 0 heterocycles. The molecule has 1 radical (unpaired) electrons. The summed E-state index contributed by atoms with van der Waals surface area (Å²) in [5.41, 5.74) is 0. The molecule has 0 atom stereocenters. The number of rotatable bonds is 0. The molecule has 0 aliphatic rings. The summed E-state index contributed by atoms with van der Waals surface area (Å²) >= 11 is 0. The van der Waals surface area contributed by atoms with Gasteiger partial charge in [-0.05, 0) is 0 Å². The summed E-state index contributed by atoms with van der Waals surface area (Å²) in [6.45, 7) is 12.0. The molecule has 4 aromatic carbocycles. The fourth-order valence-electron chi connectivity index (χ4n) is 2.14. The molecule has 0 bridgehead atoms. The molecule has 29 heavy (non-hydrogen) atoms. The van der Waals surface area contributed by atoms with Gasteiger partial charge in [0.1, 0.15) is 0 Å². The Morgan fingerprint density at radius 2 is 0.828 bits per heavy atom. The third-order valence-corrected chi connectivity index (χ3v) is 3.10. The van der Waals surface area contributed by atoms with Crippen molar-refractivity contribution in [2.75, 3.05) is 0 Å². The van der Waals surface area contributed by atoms with Gasteiger partial charge in [-0.3, -0.25) is 0 Å². The molecular weight excluding hydrogens is 417 g/mol. The number of benzene rings is 2. The molecule has 0 saturated heterocycles. The number of fused-ring (bicyclic) bond motifs is 2. The molecule has 0 unspecified atom stereocenters. The summed E-state index contributed by atoms with van der Waals surface area (Å²) in [4.78, 5) is 0. The van der Waals surface area contributed by atoms with Crippen LogP contribution < -0.4 is 0 Å². The fraction of sp³-hybridized carbons (Fsp3) is 0.250. The van der Waals surface area contributed by atoms with Crippen LogP contribution in [-0.4, -0.2) is 16.5 Å². The second-order valence-corrected chi connectivity index (χ2v) is 17.8. The van der Waals surface area contributed by atoms with Gasteiger partial charge < -0.3 is 10.8 Å². The summed E-state index contributed by atoms with van der Waals surface area (Å²) in [6, 6.07) is 29.3. The van der Waals surface area contributed by atoms with E-state index in [4.69, 9.17) is 10.8 Å². The topological polar surface area (TPSA) is 47.6 Å². The van der Waals surface area contributed by atoms with Crippen molar-refractivity contribution in [3.8, 4) is 0 Å². The van der Waals surface area contributed by atoms with Crippen LogP contribution in [0.4, 0.5) is 0 Å². The van der Waals surface area contributed by atoms with Crippen molar-refractivity contribution < 1.29 is 25.8 Å². The molecular formula is C24H34N2ScSi2-4.